The van der Waals surface area contributed by atoms with Crippen LogP contribution in [0.1, 0.15) is 32.4 Å². The Labute approximate surface area is 119 Å². The van der Waals surface area contributed by atoms with Gasteiger partial charge in [0.2, 0.25) is 0 Å². The van der Waals surface area contributed by atoms with Gasteiger partial charge < -0.3 is 19.9 Å². The minimum atomic E-state index is -0.726. The molecule has 114 valence electrons. The fraction of sp³-hybridized carbons (Fsp3) is 0.600. The largest absolute Gasteiger partial charge is 0.491 e. The molecule has 4 nitrogen and oxygen atoms in total. The summed E-state index contributed by atoms with van der Waals surface area (Å²) in [5.41, 5.74) is 0.587. The van der Waals surface area contributed by atoms with Crippen LogP contribution in [0.5, 0.6) is 5.75 Å². The Morgan fingerprint density at radius 3 is 2.50 bits per heavy atom. The standard InChI is InChI=1S/C15H24FNO3/c1-10(2)19-8-12(18)9-20-13-5-6-14(11(3)17-4)15(16)7-13/h5-7,10-12,17-18H,8-9H2,1-4H3. The molecule has 0 saturated carbocycles. The number of hydrogen-bond acceptors (Lipinski definition) is 4. The average molecular weight is 285 g/mol. The van der Waals surface area contributed by atoms with Crippen molar-refractivity contribution in [2.45, 2.75) is 39.0 Å². The van der Waals surface area contributed by atoms with E-state index in [0.717, 1.165) is 0 Å². The van der Waals surface area contributed by atoms with Crippen LogP contribution in [-0.4, -0.2) is 37.6 Å². The first-order chi connectivity index (χ1) is 9.43. The van der Waals surface area contributed by atoms with Crippen LogP contribution in [0.3, 0.4) is 0 Å². The zero-order valence-electron chi connectivity index (χ0n) is 12.5. The molecule has 0 aliphatic carbocycles. The second-order valence-corrected chi connectivity index (χ2v) is 5.04. The highest BCUT2D eigenvalue weighted by atomic mass is 19.1. The predicted molar refractivity (Wildman–Crippen MR) is 76.5 cm³/mol. The molecule has 0 aliphatic rings. The Balaban J connectivity index is 2.51. The molecular formula is C15H24FNO3. The Bertz CT molecular complexity index is 412. The van der Waals surface area contributed by atoms with Crippen LogP contribution in [0.4, 0.5) is 4.39 Å². The lowest BCUT2D eigenvalue weighted by molar-refractivity contribution is -0.0123. The van der Waals surface area contributed by atoms with Gasteiger partial charge in [0.15, 0.2) is 0 Å². The number of benzene rings is 1. The van der Waals surface area contributed by atoms with Gasteiger partial charge in [0.05, 0.1) is 12.7 Å². The highest BCUT2D eigenvalue weighted by Crippen LogP contribution is 2.21. The van der Waals surface area contributed by atoms with Gasteiger partial charge in [0, 0.05) is 17.7 Å². The molecule has 2 N–H and O–H groups in total. The van der Waals surface area contributed by atoms with Gasteiger partial charge in [-0.15, -0.1) is 0 Å². The predicted octanol–water partition coefficient (Wildman–Crippen LogP) is 2.27. The molecule has 0 radical (unpaired) electrons. The lowest BCUT2D eigenvalue weighted by Gasteiger charge is -2.16. The first-order valence-corrected chi connectivity index (χ1v) is 6.83. The maximum absolute atomic E-state index is 13.9. The van der Waals surface area contributed by atoms with Crippen molar-refractivity contribution in [3.63, 3.8) is 0 Å². The number of ether oxygens (including phenoxy) is 2. The van der Waals surface area contributed by atoms with Crippen LogP contribution in [0.2, 0.25) is 0 Å². The van der Waals surface area contributed by atoms with Gasteiger partial charge in [-0.05, 0) is 33.9 Å². The molecule has 0 amide bonds. The minimum absolute atomic E-state index is 0.0596. The number of hydrogen-bond donors (Lipinski definition) is 2. The van der Waals surface area contributed by atoms with Crippen LogP contribution in [0.15, 0.2) is 18.2 Å². The van der Waals surface area contributed by atoms with E-state index in [1.807, 2.05) is 20.8 Å². The summed E-state index contributed by atoms with van der Waals surface area (Å²) >= 11 is 0. The lowest BCUT2D eigenvalue weighted by atomic mass is 10.1. The van der Waals surface area contributed by atoms with E-state index < -0.39 is 6.10 Å². The minimum Gasteiger partial charge on any atom is -0.491 e. The fourth-order valence-corrected chi connectivity index (χ4v) is 1.65. The van der Waals surface area contributed by atoms with E-state index in [-0.39, 0.29) is 31.2 Å². The quantitative estimate of drug-likeness (QED) is 0.769. The summed E-state index contributed by atoms with van der Waals surface area (Å²) < 4.78 is 24.5. The third-order valence-corrected chi connectivity index (χ3v) is 2.94. The summed E-state index contributed by atoms with van der Waals surface area (Å²) in [6.45, 7) is 5.95. The van der Waals surface area contributed by atoms with Gasteiger partial charge in [0.1, 0.15) is 24.3 Å². The van der Waals surface area contributed by atoms with Crippen molar-refractivity contribution in [1.82, 2.24) is 5.32 Å². The highest BCUT2D eigenvalue weighted by Gasteiger charge is 2.11. The Kier molecular flexibility index (Phi) is 6.91. The number of halogens is 1. The van der Waals surface area contributed by atoms with E-state index in [1.54, 1.807) is 19.2 Å². The third-order valence-electron chi connectivity index (χ3n) is 2.94. The zero-order chi connectivity index (χ0) is 15.1. The molecule has 0 aliphatic heterocycles. The van der Waals surface area contributed by atoms with Crippen LogP contribution in [0, 0.1) is 5.82 Å². The Hall–Kier alpha value is -1.17. The van der Waals surface area contributed by atoms with Gasteiger partial charge in [-0.1, -0.05) is 6.07 Å². The van der Waals surface area contributed by atoms with Crippen molar-refractivity contribution in [3.8, 4) is 5.75 Å². The lowest BCUT2D eigenvalue weighted by Crippen LogP contribution is -2.25. The van der Waals surface area contributed by atoms with Crippen LogP contribution in [0.25, 0.3) is 0 Å². The molecule has 0 aromatic heterocycles. The van der Waals surface area contributed by atoms with Gasteiger partial charge in [-0.2, -0.15) is 0 Å². The van der Waals surface area contributed by atoms with Crippen molar-refractivity contribution in [2.75, 3.05) is 20.3 Å². The van der Waals surface area contributed by atoms with Crippen molar-refractivity contribution < 1.29 is 19.0 Å². The summed E-state index contributed by atoms with van der Waals surface area (Å²) in [6.07, 6.45) is -0.666. The molecule has 1 aromatic rings. The summed E-state index contributed by atoms with van der Waals surface area (Å²) in [7, 11) is 1.78. The molecule has 20 heavy (non-hydrogen) atoms. The third kappa shape index (κ3) is 5.45. The first kappa shape index (κ1) is 16.9. The van der Waals surface area contributed by atoms with E-state index in [0.29, 0.717) is 11.3 Å². The molecule has 0 bridgehead atoms. The SMILES string of the molecule is CNC(C)c1ccc(OCC(O)COC(C)C)cc1F. The molecule has 1 aromatic carbocycles. The number of rotatable bonds is 8. The molecule has 0 fully saturated rings. The van der Waals surface area contributed by atoms with E-state index in [2.05, 4.69) is 5.32 Å². The molecule has 0 saturated heterocycles. The van der Waals surface area contributed by atoms with Gasteiger partial charge in [-0.3, -0.25) is 0 Å². The number of aliphatic hydroxyl groups excluding tert-OH is 1. The van der Waals surface area contributed by atoms with E-state index in [4.69, 9.17) is 9.47 Å². The average Bonchev–Trinajstić information content (AvgIpc) is 2.42. The summed E-state index contributed by atoms with van der Waals surface area (Å²) in [4.78, 5) is 0. The summed E-state index contributed by atoms with van der Waals surface area (Å²) in [5.74, 6) is 0.0791. The molecule has 2 atom stereocenters. The summed E-state index contributed by atoms with van der Waals surface area (Å²) in [5, 5.41) is 12.6. The van der Waals surface area contributed by atoms with Crippen LogP contribution in [-0.2, 0) is 4.74 Å². The monoisotopic (exact) mass is 285 g/mol. The van der Waals surface area contributed by atoms with Crippen LogP contribution < -0.4 is 10.1 Å². The van der Waals surface area contributed by atoms with Crippen molar-refractivity contribution in [1.29, 1.82) is 0 Å². The second kappa shape index (κ2) is 8.19. The van der Waals surface area contributed by atoms with Crippen molar-refractivity contribution >= 4 is 0 Å². The van der Waals surface area contributed by atoms with Gasteiger partial charge in [0.25, 0.3) is 0 Å². The molecule has 5 heteroatoms. The zero-order valence-corrected chi connectivity index (χ0v) is 12.5. The highest BCUT2D eigenvalue weighted by molar-refractivity contribution is 5.30. The van der Waals surface area contributed by atoms with Gasteiger partial charge in [-0.25, -0.2) is 4.39 Å². The molecule has 0 heterocycles. The topological polar surface area (TPSA) is 50.7 Å². The molecule has 1 rings (SSSR count). The van der Waals surface area contributed by atoms with E-state index in [1.165, 1.54) is 6.07 Å². The fourth-order valence-electron chi connectivity index (χ4n) is 1.65. The van der Waals surface area contributed by atoms with Crippen molar-refractivity contribution in [2.24, 2.45) is 0 Å². The maximum Gasteiger partial charge on any atom is 0.131 e. The van der Waals surface area contributed by atoms with Gasteiger partial charge >= 0.3 is 0 Å². The molecule has 2 unspecified atom stereocenters. The van der Waals surface area contributed by atoms with Crippen LogP contribution >= 0.6 is 0 Å². The summed E-state index contributed by atoms with van der Waals surface area (Å²) in [6, 6.07) is 4.65. The van der Waals surface area contributed by atoms with Crippen molar-refractivity contribution in [3.05, 3.63) is 29.6 Å². The molecular weight excluding hydrogens is 261 g/mol. The Morgan fingerprint density at radius 1 is 1.25 bits per heavy atom. The smallest absolute Gasteiger partial charge is 0.131 e. The maximum atomic E-state index is 13.9. The molecule has 0 spiro atoms. The van der Waals surface area contributed by atoms with E-state index in [9.17, 15) is 9.50 Å². The normalized spacial score (nSPS) is 14.3. The Morgan fingerprint density at radius 2 is 1.95 bits per heavy atom. The number of nitrogens with one attached hydrogen (secondary N) is 1. The number of aliphatic hydroxyl groups is 1. The first-order valence-electron chi connectivity index (χ1n) is 6.83. The van der Waals surface area contributed by atoms with E-state index >= 15 is 0 Å². The second-order valence-electron chi connectivity index (χ2n) is 5.04.